The van der Waals surface area contributed by atoms with Crippen molar-refractivity contribution in [2.75, 3.05) is 13.1 Å². The van der Waals surface area contributed by atoms with Crippen molar-refractivity contribution in [2.45, 2.75) is 25.6 Å². The number of carbonyl (C=O) groups excluding carboxylic acids is 1. The van der Waals surface area contributed by atoms with Gasteiger partial charge in [-0.3, -0.25) is 4.79 Å². The Morgan fingerprint density at radius 3 is 3.00 bits per heavy atom. The zero-order valence-corrected chi connectivity index (χ0v) is 12.7. The number of hydrogen-bond donors (Lipinski definition) is 1. The SMILES string of the molecule is O=C(c1cc(COc2ccc(F)cc2F)on1)N1CCC[C@@H](O)C1. The molecule has 2 aromatic rings. The average Bonchev–Trinajstić information content (AvgIpc) is 3.02. The molecule has 1 aromatic heterocycles. The van der Waals surface area contributed by atoms with Crippen molar-refractivity contribution >= 4 is 5.91 Å². The van der Waals surface area contributed by atoms with E-state index < -0.39 is 17.7 Å². The molecule has 1 aromatic carbocycles. The number of rotatable bonds is 4. The van der Waals surface area contributed by atoms with E-state index in [1.807, 2.05) is 0 Å². The molecule has 8 heteroatoms. The molecule has 0 spiro atoms. The summed E-state index contributed by atoms with van der Waals surface area (Å²) in [5, 5.41) is 13.3. The second-order valence-electron chi connectivity index (χ2n) is 5.59. The van der Waals surface area contributed by atoms with Crippen molar-refractivity contribution in [3.05, 3.63) is 47.4 Å². The van der Waals surface area contributed by atoms with Gasteiger partial charge in [0.05, 0.1) is 6.10 Å². The molecule has 1 saturated heterocycles. The van der Waals surface area contributed by atoms with Crippen molar-refractivity contribution in [1.82, 2.24) is 10.1 Å². The minimum absolute atomic E-state index is 0.0993. The maximum absolute atomic E-state index is 13.5. The van der Waals surface area contributed by atoms with E-state index in [-0.39, 0.29) is 36.3 Å². The van der Waals surface area contributed by atoms with Gasteiger partial charge in [0.15, 0.2) is 23.0 Å². The van der Waals surface area contributed by atoms with Gasteiger partial charge in [-0.05, 0) is 25.0 Å². The molecular weight excluding hydrogens is 322 g/mol. The molecule has 0 radical (unpaired) electrons. The fourth-order valence-corrected chi connectivity index (χ4v) is 2.52. The Morgan fingerprint density at radius 2 is 2.25 bits per heavy atom. The second-order valence-corrected chi connectivity index (χ2v) is 5.59. The molecule has 1 atom stereocenters. The first-order valence-electron chi connectivity index (χ1n) is 7.53. The normalized spacial score (nSPS) is 17.8. The molecule has 24 heavy (non-hydrogen) atoms. The average molecular weight is 338 g/mol. The quantitative estimate of drug-likeness (QED) is 0.924. The van der Waals surface area contributed by atoms with Gasteiger partial charge in [-0.1, -0.05) is 5.16 Å². The predicted molar refractivity (Wildman–Crippen MR) is 78.3 cm³/mol. The molecule has 3 rings (SSSR count). The van der Waals surface area contributed by atoms with Gasteiger partial charge in [-0.25, -0.2) is 8.78 Å². The van der Waals surface area contributed by atoms with Crippen LogP contribution >= 0.6 is 0 Å². The van der Waals surface area contributed by atoms with Crippen LogP contribution in [0.15, 0.2) is 28.8 Å². The molecule has 6 nitrogen and oxygen atoms in total. The van der Waals surface area contributed by atoms with Crippen LogP contribution in [0.25, 0.3) is 0 Å². The van der Waals surface area contributed by atoms with E-state index in [4.69, 9.17) is 9.26 Å². The van der Waals surface area contributed by atoms with Crippen molar-refractivity contribution in [1.29, 1.82) is 0 Å². The maximum atomic E-state index is 13.5. The molecule has 2 heterocycles. The highest BCUT2D eigenvalue weighted by molar-refractivity contribution is 5.92. The molecule has 1 fully saturated rings. The third kappa shape index (κ3) is 3.70. The predicted octanol–water partition coefficient (Wildman–Crippen LogP) is 2.13. The number of ether oxygens (including phenoxy) is 1. The lowest BCUT2D eigenvalue weighted by Crippen LogP contribution is -2.42. The van der Waals surface area contributed by atoms with Crippen molar-refractivity contribution in [3.8, 4) is 5.75 Å². The number of carbonyl (C=O) groups is 1. The summed E-state index contributed by atoms with van der Waals surface area (Å²) in [7, 11) is 0. The van der Waals surface area contributed by atoms with Crippen LogP contribution in [0.2, 0.25) is 0 Å². The van der Waals surface area contributed by atoms with E-state index >= 15 is 0 Å². The number of piperidine rings is 1. The molecular formula is C16H16F2N2O4. The molecule has 0 bridgehead atoms. The first-order valence-corrected chi connectivity index (χ1v) is 7.53. The number of amides is 1. The fourth-order valence-electron chi connectivity index (χ4n) is 2.52. The highest BCUT2D eigenvalue weighted by Crippen LogP contribution is 2.20. The lowest BCUT2D eigenvalue weighted by molar-refractivity contribution is 0.0465. The molecule has 1 aliphatic heterocycles. The topological polar surface area (TPSA) is 75.8 Å². The van der Waals surface area contributed by atoms with E-state index in [2.05, 4.69) is 5.16 Å². The summed E-state index contributed by atoms with van der Waals surface area (Å²) < 4.78 is 36.5. The highest BCUT2D eigenvalue weighted by atomic mass is 19.1. The van der Waals surface area contributed by atoms with Crippen LogP contribution in [0.5, 0.6) is 5.75 Å². The Bertz CT molecular complexity index is 735. The number of hydrogen-bond acceptors (Lipinski definition) is 5. The van der Waals surface area contributed by atoms with Gasteiger partial charge in [0.25, 0.3) is 5.91 Å². The van der Waals surface area contributed by atoms with Crippen molar-refractivity contribution in [3.63, 3.8) is 0 Å². The zero-order valence-electron chi connectivity index (χ0n) is 12.7. The first kappa shape index (κ1) is 16.4. The first-order chi connectivity index (χ1) is 11.5. The lowest BCUT2D eigenvalue weighted by atomic mass is 10.1. The molecule has 0 aliphatic carbocycles. The number of halogens is 2. The smallest absolute Gasteiger partial charge is 0.276 e. The Kier molecular flexibility index (Phi) is 4.75. The van der Waals surface area contributed by atoms with Gasteiger partial charge >= 0.3 is 0 Å². The number of β-amino-alcohol motifs (C(OH)–C–C–N with tert-alkyl or cyclic N) is 1. The summed E-state index contributed by atoms with van der Waals surface area (Å²) in [6.45, 7) is 0.666. The molecule has 1 N–H and O–H groups in total. The van der Waals surface area contributed by atoms with Crippen LogP contribution in [0.4, 0.5) is 8.78 Å². The van der Waals surface area contributed by atoms with Gasteiger partial charge < -0.3 is 19.3 Å². The van der Waals surface area contributed by atoms with E-state index in [9.17, 15) is 18.7 Å². The van der Waals surface area contributed by atoms with Crippen LogP contribution in [-0.2, 0) is 6.61 Å². The third-order valence-corrected chi connectivity index (χ3v) is 3.73. The number of nitrogens with zero attached hydrogens (tertiary/aromatic N) is 2. The molecule has 0 saturated carbocycles. The monoisotopic (exact) mass is 338 g/mol. The van der Waals surface area contributed by atoms with Gasteiger partial charge in [0.1, 0.15) is 12.4 Å². The number of benzene rings is 1. The summed E-state index contributed by atoms with van der Waals surface area (Å²) in [4.78, 5) is 13.8. The number of aliphatic hydroxyl groups excluding tert-OH is 1. The largest absolute Gasteiger partial charge is 0.482 e. The molecule has 1 amide bonds. The summed E-state index contributed by atoms with van der Waals surface area (Å²) >= 11 is 0. The third-order valence-electron chi connectivity index (χ3n) is 3.73. The Hall–Kier alpha value is -2.48. The summed E-state index contributed by atoms with van der Waals surface area (Å²) in [5.41, 5.74) is 0.0993. The van der Waals surface area contributed by atoms with Crippen LogP contribution < -0.4 is 4.74 Å². The van der Waals surface area contributed by atoms with Gasteiger partial charge in [-0.2, -0.15) is 0 Å². The highest BCUT2D eigenvalue weighted by Gasteiger charge is 2.25. The van der Waals surface area contributed by atoms with Gasteiger partial charge in [0.2, 0.25) is 0 Å². The summed E-state index contributed by atoms with van der Waals surface area (Å²) in [5.74, 6) is -1.75. The minimum atomic E-state index is -0.826. The number of aliphatic hydroxyl groups is 1. The van der Waals surface area contributed by atoms with Crippen LogP contribution in [-0.4, -0.2) is 40.3 Å². The van der Waals surface area contributed by atoms with E-state index in [0.717, 1.165) is 12.5 Å². The Balaban J connectivity index is 1.62. The van der Waals surface area contributed by atoms with Crippen molar-refractivity contribution < 1.29 is 27.9 Å². The van der Waals surface area contributed by atoms with E-state index in [0.29, 0.717) is 19.0 Å². The standard InChI is InChI=1S/C16H16F2N2O4/c17-10-3-4-15(13(18)6-10)23-9-12-7-14(19-24-12)16(22)20-5-1-2-11(21)8-20/h3-4,6-7,11,21H,1-2,5,8-9H2/t11-/m1/s1. The summed E-state index contributed by atoms with van der Waals surface area (Å²) in [6, 6.07) is 4.37. The van der Waals surface area contributed by atoms with E-state index in [1.165, 1.54) is 17.0 Å². The van der Waals surface area contributed by atoms with Crippen LogP contribution in [0, 0.1) is 11.6 Å². The van der Waals surface area contributed by atoms with Gasteiger partial charge in [-0.15, -0.1) is 0 Å². The maximum Gasteiger partial charge on any atom is 0.276 e. The summed E-state index contributed by atoms with van der Waals surface area (Å²) in [6.07, 6.45) is 0.869. The van der Waals surface area contributed by atoms with Crippen LogP contribution in [0.3, 0.4) is 0 Å². The van der Waals surface area contributed by atoms with Gasteiger partial charge in [0, 0.05) is 25.2 Å². The minimum Gasteiger partial charge on any atom is -0.482 e. The molecule has 0 unspecified atom stereocenters. The zero-order chi connectivity index (χ0) is 17.1. The van der Waals surface area contributed by atoms with Crippen LogP contribution in [0.1, 0.15) is 29.1 Å². The fraction of sp³-hybridized carbons (Fsp3) is 0.375. The Labute approximate surface area is 136 Å². The molecule has 1 aliphatic rings. The van der Waals surface area contributed by atoms with Crippen molar-refractivity contribution in [2.24, 2.45) is 0 Å². The molecule has 128 valence electrons. The number of likely N-dealkylation sites (tertiary alicyclic amines) is 1. The lowest BCUT2D eigenvalue weighted by Gasteiger charge is -2.29. The second kappa shape index (κ2) is 6.96. The Morgan fingerprint density at radius 1 is 1.42 bits per heavy atom. The number of aromatic nitrogens is 1. The van der Waals surface area contributed by atoms with E-state index in [1.54, 1.807) is 0 Å².